The Labute approximate surface area is 170 Å². The second-order valence-corrected chi connectivity index (χ2v) is 8.90. The summed E-state index contributed by atoms with van der Waals surface area (Å²) in [5, 5.41) is 0.485. The topological polar surface area (TPSA) is 66.9 Å². The summed E-state index contributed by atoms with van der Waals surface area (Å²) in [5.41, 5.74) is 1.14. The van der Waals surface area contributed by atoms with Crippen molar-refractivity contribution < 1.29 is 17.9 Å². The number of hydrogen-bond acceptors (Lipinski definition) is 4. The molecule has 2 aromatic carbocycles. The number of benzene rings is 2. The number of rotatable bonds is 6. The van der Waals surface area contributed by atoms with Gasteiger partial charge in [-0.1, -0.05) is 30.7 Å². The summed E-state index contributed by atoms with van der Waals surface area (Å²) < 4.78 is 32.4. The number of carbonyl (C=O) groups excluding carboxylic acids is 1. The third-order valence-electron chi connectivity index (χ3n) is 4.71. The van der Waals surface area contributed by atoms with Crippen LogP contribution in [0.3, 0.4) is 0 Å². The Morgan fingerprint density at radius 1 is 1.07 bits per heavy atom. The number of sulfonamides is 1. The van der Waals surface area contributed by atoms with Crippen LogP contribution in [0.25, 0.3) is 0 Å². The minimum absolute atomic E-state index is 0.0584. The van der Waals surface area contributed by atoms with Gasteiger partial charge in [0.2, 0.25) is 10.0 Å². The van der Waals surface area contributed by atoms with Crippen LogP contribution in [-0.4, -0.2) is 56.3 Å². The molecule has 1 fully saturated rings. The molecule has 0 saturated carbocycles. The Morgan fingerprint density at radius 2 is 1.75 bits per heavy atom. The fraction of sp³-hybridized carbons (Fsp3) is 0.350. The monoisotopic (exact) mass is 422 g/mol. The van der Waals surface area contributed by atoms with Gasteiger partial charge >= 0.3 is 0 Å². The molecule has 3 rings (SSSR count). The van der Waals surface area contributed by atoms with Crippen LogP contribution < -0.4 is 4.74 Å². The maximum absolute atomic E-state index is 12.7. The summed E-state index contributed by atoms with van der Waals surface area (Å²) in [4.78, 5) is 14.2. The molecule has 1 aliphatic rings. The second kappa shape index (κ2) is 8.94. The first-order chi connectivity index (χ1) is 13.4. The van der Waals surface area contributed by atoms with Crippen molar-refractivity contribution in [3.63, 3.8) is 0 Å². The molecule has 0 unspecified atom stereocenters. The zero-order valence-electron chi connectivity index (χ0n) is 15.7. The molecule has 0 atom stereocenters. The number of piperazine rings is 1. The Bertz CT molecular complexity index is 923. The molecule has 0 N–H and O–H groups in total. The lowest BCUT2D eigenvalue weighted by Gasteiger charge is -2.34. The van der Waals surface area contributed by atoms with E-state index in [0.717, 1.165) is 12.0 Å². The fourth-order valence-electron chi connectivity index (χ4n) is 3.03. The number of nitrogens with zero attached hydrogens (tertiary/aromatic N) is 2. The highest BCUT2D eigenvalue weighted by molar-refractivity contribution is 7.89. The van der Waals surface area contributed by atoms with Crippen LogP contribution in [0, 0.1) is 0 Å². The lowest BCUT2D eigenvalue weighted by atomic mass is 10.2. The van der Waals surface area contributed by atoms with Crippen LogP contribution in [0.4, 0.5) is 0 Å². The summed E-state index contributed by atoms with van der Waals surface area (Å²) in [6.07, 6.45) is 0.898. The molecular weight excluding hydrogens is 400 g/mol. The molecule has 150 valence electrons. The number of carbonyl (C=O) groups is 1. The standard InChI is InChI=1S/C20H23ClN2O4S/c1-2-16-4-3-5-18(14-16)27-15-20(24)22-10-12-23(13-11-22)28(25,26)19-8-6-17(21)7-9-19/h3-9,14H,2,10-13,15H2,1H3. The van der Waals surface area contributed by atoms with Crippen molar-refractivity contribution in [1.82, 2.24) is 9.21 Å². The van der Waals surface area contributed by atoms with Gasteiger partial charge in [-0.15, -0.1) is 0 Å². The van der Waals surface area contributed by atoms with Crippen LogP contribution in [0.15, 0.2) is 53.4 Å². The third-order valence-corrected chi connectivity index (χ3v) is 6.88. The van der Waals surface area contributed by atoms with Crippen molar-refractivity contribution in [3.05, 3.63) is 59.1 Å². The lowest BCUT2D eigenvalue weighted by Crippen LogP contribution is -2.51. The number of ether oxygens (including phenoxy) is 1. The van der Waals surface area contributed by atoms with E-state index in [1.54, 1.807) is 17.0 Å². The third kappa shape index (κ3) is 4.84. The van der Waals surface area contributed by atoms with E-state index < -0.39 is 10.0 Å². The summed E-state index contributed by atoms with van der Waals surface area (Å²) >= 11 is 5.83. The molecule has 6 nitrogen and oxygen atoms in total. The molecule has 28 heavy (non-hydrogen) atoms. The zero-order valence-corrected chi connectivity index (χ0v) is 17.2. The predicted octanol–water partition coefficient (Wildman–Crippen LogP) is 2.81. The molecule has 1 saturated heterocycles. The number of hydrogen-bond donors (Lipinski definition) is 0. The van der Waals surface area contributed by atoms with Crippen molar-refractivity contribution in [3.8, 4) is 5.75 Å². The van der Waals surface area contributed by atoms with Crippen LogP contribution in [0.1, 0.15) is 12.5 Å². The smallest absolute Gasteiger partial charge is 0.260 e. The molecule has 0 radical (unpaired) electrons. The number of amides is 1. The second-order valence-electron chi connectivity index (χ2n) is 6.53. The van der Waals surface area contributed by atoms with Crippen molar-refractivity contribution in [2.45, 2.75) is 18.2 Å². The van der Waals surface area contributed by atoms with Gasteiger partial charge in [-0.05, 0) is 48.4 Å². The van der Waals surface area contributed by atoms with Gasteiger partial charge in [0.25, 0.3) is 5.91 Å². The normalized spacial score (nSPS) is 15.4. The van der Waals surface area contributed by atoms with Crippen LogP contribution in [0.2, 0.25) is 5.02 Å². The molecule has 1 aliphatic heterocycles. The molecular formula is C20H23ClN2O4S. The SMILES string of the molecule is CCc1cccc(OCC(=O)N2CCN(S(=O)(=O)c3ccc(Cl)cc3)CC2)c1. The highest BCUT2D eigenvalue weighted by Gasteiger charge is 2.30. The molecule has 8 heteroatoms. The quantitative estimate of drug-likeness (QED) is 0.717. The van der Waals surface area contributed by atoms with Crippen molar-refractivity contribution in [1.29, 1.82) is 0 Å². The first-order valence-corrected chi connectivity index (χ1v) is 11.0. The summed E-state index contributed by atoms with van der Waals surface area (Å²) in [5.74, 6) is 0.516. The minimum Gasteiger partial charge on any atom is -0.484 e. The number of aryl methyl sites for hydroxylation is 1. The molecule has 0 aliphatic carbocycles. The van der Waals surface area contributed by atoms with Gasteiger partial charge in [-0.25, -0.2) is 8.42 Å². The van der Waals surface area contributed by atoms with E-state index in [9.17, 15) is 13.2 Å². The maximum atomic E-state index is 12.7. The average molecular weight is 423 g/mol. The largest absolute Gasteiger partial charge is 0.484 e. The van der Waals surface area contributed by atoms with Gasteiger partial charge in [0.05, 0.1) is 4.90 Å². The van der Waals surface area contributed by atoms with Crippen LogP contribution >= 0.6 is 11.6 Å². The first kappa shape index (κ1) is 20.6. The van der Waals surface area contributed by atoms with E-state index in [1.807, 2.05) is 24.3 Å². The van der Waals surface area contributed by atoms with Gasteiger partial charge in [0.15, 0.2) is 6.61 Å². The van der Waals surface area contributed by atoms with E-state index in [-0.39, 0.29) is 30.5 Å². The lowest BCUT2D eigenvalue weighted by molar-refractivity contribution is -0.134. The Balaban J connectivity index is 1.54. The van der Waals surface area contributed by atoms with Crippen LogP contribution in [-0.2, 0) is 21.2 Å². The fourth-order valence-corrected chi connectivity index (χ4v) is 4.57. The van der Waals surface area contributed by atoms with E-state index in [1.165, 1.54) is 16.4 Å². The highest BCUT2D eigenvalue weighted by atomic mass is 35.5. The Morgan fingerprint density at radius 3 is 2.39 bits per heavy atom. The Kier molecular flexibility index (Phi) is 6.59. The van der Waals surface area contributed by atoms with E-state index in [4.69, 9.17) is 16.3 Å². The van der Waals surface area contributed by atoms with Crippen molar-refractivity contribution >= 4 is 27.5 Å². The molecule has 0 spiro atoms. The van der Waals surface area contributed by atoms with Gasteiger partial charge < -0.3 is 9.64 Å². The van der Waals surface area contributed by atoms with Crippen molar-refractivity contribution in [2.24, 2.45) is 0 Å². The van der Waals surface area contributed by atoms with Crippen molar-refractivity contribution in [2.75, 3.05) is 32.8 Å². The average Bonchev–Trinajstić information content (AvgIpc) is 2.72. The van der Waals surface area contributed by atoms with E-state index in [2.05, 4.69) is 6.92 Å². The van der Waals surface area contributed by atoms with Crippen LogP contribution in [0.5, 0.6) is 5.75 Å². The highest BCUT2D eigenvalue weighted by Crippen LogP contribution is 2.20. The summed E-state index contributed by atoms with van der Waals surface area (Å²) in [6, 6.07) is 13.8. The van der Waals surface area contributed by atoms with Gasteiger partial charge in [-0.2, -0.15) is 4.31 Å². The summed E-state index contributed by atoms with van der Waals surface area (Å²) in [7, 11) is -3.59. The molecule has 1 heterocycles. The Hall–Kier alpha value is -2.09. The predicted molar refractivity (Wildman–Crippen MR) is 108 cm³/mol. The zero-order chi connectivity index (χ0) is 20.1. The van der Waals surface area contributed by atoms with E-state index in [0.29, 0.717) is 23.9 Å². The van der Waals surface area contributed by atoms with Gasteiger partial charge in [0, 0.05) is 31.2 Å². The van der Waals surface area contributed by atoms with E-state index >= 15 is 0 Å². The minimum atomic E-state index is -3.59. The maximum Gasteiger partial charge on any atom is 0.260 e. The first-order valence-electron chi connectivity index (χ1n) is 9.15. The molecule has 0 aromatic heterocycles. The number of halogens is 1. The molecule has 2 aromatic rings. The van der Waals surface area contributed by atoms with Gasteiger partial charge in [0.1, 0.15) is 5.75 Å². The summed E-state index contributed by atoms with van der Waals surface area (Å²) in [6.45, 7) is 3.18. The van der Waals surface area contributed by atoms with Gasteiger partial charge in [-0.3, -0.25) is 4.79 Å². The molecule has 0 bridgehead atoms. The molecule has 1 amide bonds.